The molecule has 1 aliphatic heterocycles. The van der Waals surface area contributed by atoms with Crippen LogP contribution in [0.2, 0.25) is 0 Å². The predicted octanol–water partition coefficient (Wildman–Crippen LogP) is 3.57. The van der Waals surface area contributed by atoms with Crippen molar-refractivity contribution in [2.75, 3.05) is 30.4 Å². The van der Waals surface area contributed by atoms with Gasteiger partial charge >= 0.3 is 0 Å². The summed E-state index contributed by atoms with van der Waals surface area (Å²) in [6, 6.07) is 4.57. The van der Waals surface area contributed by atoms with Crippen LogP contribution in [0.1, 0.15) is 51.0 Å². The van der Waals surface area contributed by atoms with Gasteiger partial charge in [0.2, 0.25) is 5.95 Å². The maximum atomic E-state index is 7.00. The summed E-state index contributed by atoms with van der Waals surface area (Å²) in [4.78, 5) is 16.2. The molecular weight excluding hydrogens is 418 g/mol. The zero-order chi connectivity index (χ0) is 22.6. The molecule has 5 heterocycles. The van der Waals surface area contributed by atoms with E-state index in [-0.39, 0.29) is 0 Å². The molecule has 0 aromatic carbocycles. The molecule has 0 spiro atoms. The molecule has 0 unspecified atom stereocenters. The zero-order valence-corrected chi connectivity index (χ0v) is 19.0. The fourth-order valence-electron chi connectivity index (χ4n) is 4.74. The molecule has 1 saturated heterocycles. The van der Waals surface area contributed by atoms with Crippen LogP contribution >= 0.6 is 0 Å². The molecule has 174 valence electrons. The van der Waals surface area contributed by atoms with Gasteiger partial charge in [-0.3, -0.25) is 4.57 Å². The minimum atomic E-state index is 0.573. The number of anilines is 3. The third-order valence-corrected chi connectivity index (χ3v) is 6.45. The number of aromatic nitrogens is 7. The molecule has 0 amide bonds. The highest BCUT2D eigenvalue weighted by molar-refractivity contribution is 5.73. The van der Waals surface area contributed by atoms with Gasteiger partial charge in [0, 0.05) is 38.6 Å². The Balaban J connectivity index is 0.00000111. The lowest BCUT2D eigenvalue weighted by Gasteiger charge is -2.22. The van der Waals surface area contributed by atoms with E-state index in [0.717, 1.165) is 49.1 Å². The Hall–Kier alpha value is -3.40. The molecule has 4 aromatic heterocycles. The Morgan fingerprint density at radius 2 is 1.79 bits per heavy atom. The van der Waals surface area contributed by atoms with E-state index in [4.69, 9.17) is 10.1 Å². The van der Waals surface area contributed by atoms with Crippen molar-refractivity contribution in [3.05, 3.63) is 43.4 Å². The Bertz CT molecular complexity index is 1180. The second-order valence-corrected chi connectivity index (χ2v) is 8.55. The molecule has 1 saturated carbocycles. The Morgan fingerprint density at radius 3 is 2.61 bits per heavy atom. The monoisotopic (exact) mass is 449 g/mol. The summed E-state index contributed by atoms with van der Waals surface area (Å²) in [6.45, 7) is 2.01. The van der Waals surface area contributed by atoms with Gasteiger partial charge in [-0.2, -0.15) is 4.98 Å². The molecule has 0 atom stereocenters. The van der Waals surface area contributed by atoms with Crippen molar-refractivity contribution < 1.29 is 5.11 Å². The number of rotatable bonds is 5. The van der Waals surface area contributed by atoms with Crippen LogP contribution in [0, 0.1) is 0 Å². The van der Waals surface area contributed by atoms with Gasteiger partial charge in [0.1, 0.15) is 17.7 Å². The molecule has 0 radical (unpaired) electrons. The quantitative estimate of drug-likeness (QED) is 0.480. The molecular formula is C23H31N9O. The molecule has 6 rings (SSSR count). The Morgan fingerprint density at radius 1 is 0.970 bits per heavy atom. The molecule has 2 N–H and O–H groups in total. The van der Waals surface area contributed by atoms with Crippen molar-refractivity contribution in [3.63, 3.8) is 0 Å². The predicted molar refractivity (Wildman–Crippen MR) is 127 cm³/mol. The Kier molecular flexibility index (Phi) is 6.25. The molecule has 10 nitrogen and oxygen atoms in total. The number of imidazole rings is 2. The third-order valence-electron chi connectivity index (χ3n) is 6.45. The van der Waals surface area contributed by atoms with Gasteiger partial charge in [0.15, 0.2) is 11.6 Å². The van der Waals surface area contributed by atoms with Gasteiger partial charge in [-0.1, -0.05) is 19.3 Å². The van der Waals surface area contributed by atoms with Crippen LogP contribution in [0.5, 0.6) is 0 Å². The number of nitrogens with one attached hydrogen (secondary N) is 1. The summed E-state index contributed by atoms with van der Waals surface area (Å²) in [5.74, 6) is 3.15. The van der Waals surface area contributed by atoms with E-state index in [1.165, 1.54) is 44.9 Å². The van der Waals surface area contributed by atoms with E-state index in [9.17, 15) is 0 Å². The molecule has 4 aromatic rings. The average molecular weight is 450 g/mol. The number of aliphatic hydroxyl groups excluding tert-OH is 1. The van der Waals surface area contributed by atoms with E-state index < -0.39 is 0 Å². The van der Waals surface area contributed by atoms with Crippen LogP contribution in [-0.4, -0.2) is 59.0 Å². The van der Waals surface area contributed by atoms with E-state index in [1.807, 2.05) is 39.9 Å². The van der Waals surface area contributed by atoms with Gasteiger partial charge in [0.25, 0.3) is 0 Å². The van der Waals surface area contributed by atoms with Gasteiger partial charge in [-0.15, -0.1) is 5.10 Å². The zero-order valence-electron chi connectivity index (χ0n) is 19.0. The molecule has 0 bridgehead atoms. The van der Waals surface area contributed by atoms with Crippen molar-refractivity contribution in [1.29, 1.82) is 0 Å². The second kappa shape index (κ2) is 9.62. The van der Waals surface area contributed by atoms with Crippen LogP contribution in [0.3, 0.4) is 0 Å². The standard InChI is InChI=1S/C22H27N9.CH4O/c1-2-7-17(8-3-1)29-14-20(24-16-29)30-13-19(23-15-30)25-21-18-9-6-12-31(18)27-22(26-21)28-10-4-5-11-28;1-2/h6,9,12-17H,1-5,7-8,10-11H2,(H,25,26,27);2H,1H3. The van der Waals surface area contributed by atoms with Gasteiger partial charge < -0.3 is 19.9 Å². The second-order valence-electron chi connectivity index (χ2n) is 8.55. The first-order valence-corrected chi connectivity index (χ1v) is 11.7. The van der Waals surface area contributed by atoms with Gasteiger partial charge in [-0.05, 0) is 37.8 Å². The number of hydrogen-bond acceptors (Lipinski definition) is 7. The minimum absolute atomic E-state index is 0.573. The Labute approximate surface area is 192 Å². The number of nitrogens with zero attached hydrogens (tertiary/aromatic N) is 8. The van der Waals surface area contributed by atoms with Gasteiger partial charge in [0.05, 0.1) is 12.5 Å². The molecule has 2 aliphatic rings. The highest BCUT2D eigenvalue weighted by atomic mass is 16.2. The fraction of sp³-hybridized carbons (Fsp3) is 0.478. The third kappa shape index (κ3) is 4.43. The summed E-state index contributed by atoms with van der Waals surface area (Å²) in [6.07, 6.45) is 18.6. The lowest BCUT2D eigenvalue weighted by Crippen LogP contribution is -2.22. The summed E-state index contributed by atoms with van der Waals surface area (Å²) in [5, 5.41) is 15.1. The van der Waals surface area contributed by atoms with Crippen LogP contribution < -0.4 is 10.2 Å². The summed E-state index contributed by atoms with van der Waals surface area (Å²) < 4.78 is 6.10. The van der Waals surface area contributed by atoms with Crippen molar-refractivity contribution in [1.82, 2.24) is 33.7 Å². The van der Waals surface area contributed by atoms with Crippen LogP contribution in [0.15, 0.2) is 43.4 Å². The minimum Gasteiger partial charge on any atom is -0.400 e. The van der Waals surface area contributed by atoms with Crippen LogP contribution in [-0.2, 0) is 0 Å². The first-order valence-electron chi connectivity index (χ1n) is 11.7. The number of hydrogen-bond donors (Lipinski definition) is 2. The molecule has 2 fully saturated rings. The van der Waals surface area contributed by atoms with E-state index in [1.54, 1.807) is 6.33 Å². The van der Waals surface area contributed by atoms with E-state index in [0.29, 0.717) is 6.04 Å². The van der Waals surface area contributed by atoms with E-state index >= 15 is 0 Å². The van der Waals surface area contributed by atoms with Crippen molar-refractivity contribution in [3.8, 4) is 5.82 Å². The largest absolute Gasteiger partial charge is 0.400 e. The molecule has 10 heteroatoms. The average Bonchev–Trinajstić information content (AvgIpc) is 3.67. The van der Waals surface area contributed by atoms with Crippen molar-refractivity contribution >= 4 is 23.1 Å². The lowest BCUT2D eigenvalue weighted by atomic mass is 9.95. The van der Waals surface area contributed by atoms with Gasteiger partial charge in [-0.25, -0.2) is 14.5 Å². The summed E-state index contributed by atoms with van der Waals surface area (Å²) >= 11 is 0. The maximum absolute atomic E-state index is 7.00. The molecule has 33 heavy (non-hydrogen) atoms. The van der Waals surface area contributed by atoms with Crippen molar-refractivity contribution in [2.45, 2.75) is 51.0 Å². The molecule has 1 aliphatic carbocycles. The van der Waals surface area contributed by atoms with Crippen LogP contribution in [0.25, 0.3) is 11.3 Å². The number of aliphatic hydroxyl groups is 1. The summed E-state index contributed by atoms with van der Waals surface area (Å²) in [7, 11) is 1.00. The lowest BCUT2D eigenvalue weighted by molar-refractivity contribution is 0.353. The first-order chi connectivity index (χ1) is 16.3. The first kappa shape index (κ1) is 21.4. The number of fused-ring (bicyclic) bond motifs is 1. The normalized spacial score (nSPS) is 16.7. The maximum Gasteiger partial charge on any atom is 0.245 e. The van der Waals surface area contributed by atoms with E-state index in [2.05, 4.69) is 36.0 Å². The topological polar surface area (TPSA) is 101 Å². The van der Waals surface area contributed by atoms with Crippen LogP contribution in [0.4, 0.5) is 17.6 Å². The highest BCUT2D eigenvalue weighted by Gasteiger charge is 2.19. The SMILES string of the molecule is CO.c1cc2c(Nc3cn(-c4cn(C5CCCCC5)cn4)cn3)nc(N3CCCC3)nn2c1. The fourth-order valence-corrected chi connectivity index (χ4v) is 4.74. The summed E-state index contributed by atoms with van der Waals surface area (Å²) in [5.41, 5.74) is 0.930. The van der Waals surface area contributed by atoms with Crippen molar-refractivity contribution in [2.24, 2.45) is 0 Å². The smallest absolute Gasteiger partial charge is 0.245 e. The highest BCUT2D eigenvalue weighted by Crippen LogP contribution is 2.29.